The van der Waals surface area contributed by atoms with Gasteiger partial charge in [-0.25, -0.2) is 0 Å². The average molecular weight is 517 g/mol. The standard InChI is InChI=1S/C38H28O2/c1-21-13-22(2)16-27(15-21)25-5-7-29-31-9-10-32-30-8-6-26(28-17-23(3)14-24(4)18-28)20-36(30)40-34-12-11-33(37(31)38(32)34)39-35(29)19-25/h5-20H,1-4H3. The molecule has 40 heavy (non-hydrogen) atoms. The summed E-state index contributed by atoms with van der Waals surface area (Å²) in [5.74, 6) is 3.53. The number of rotatable bonds is 2. The van der Waals surface area contributed by atoms with E-state index in [9.17, 15) is 0 Å². The molecule has 2 heterocycles. The number of benzene rings is 6. The normalized spacial score (nSPS) is 12.4. The monoisotopic (exact) mass is 516 g/mol. The van der Waals surface area contributed by atoms with Crippen LogP contribution in [0.25, 0.3) is 55.3 Å². The molecule has 0 spiro atoms. The third-order valence-electron chi connectivity index (χ3n) is 8.18. The van der Waals surface area contributed by atoms with E-state index in [2.05, 4.69) is 125 Å². The van der Waals surface area contributed by atoms with E-state index in [0.717, 1.165) is 56.0 Å². The summed E-state index contributed by atoms with van der Waals surface area (Å²) < 4.78 is 13.2. The lowest BCUT2D eigenvalue weighted by molar-refractivity contribution is 0.475. The topological polar surface area (TPSA) is 18.5 Å². The fraction of sp³-hybridized carbons (Fsp3) is 0.105. The van der Waals surface area contributed by atoms with E-state index in [1.165, 1.54) is 44.5 Å². The minimum atomic E-state index is 0.875. The van der Waals surface area contributed by atoms with E-state index in [1.54, 1.807) is 0 Å². The van der Waals surface area contributed by atoms with Crippen LogP contribution >= 0.6 is 0 Å². The summed E-state index contributed by atoms with van der Waals surface area (Å²) in [7, 11) is 0. The number of aryl methyl sites for hydroxylation is 4. The third-order valence-corrected chi connectivity index (χ3v) is 8.18. The quantitative estimate of drug-likeness (QED) is 0.227. The Morgan fingerprint density at radius 3 is 1.10 bits per heavy atom. The second-order valence-electron chi connectivity index (χ2n) is 11.4. The second-order valence-corrected chi connectivity index (χ2v) is 11.4. The Hall–Kier alpha value is -4.82. The van der Waals surface area contributed by atoms with Crippen molar-refractivity contribution in [2.45, 2.75) is 27.7 Å². The lowest BCUT2D eigenvalue weighted by atomic mass is 9.87. The Labute approximate surface area is 234 Å². The van der Waals surface area contributed by atoms with Crippen molar-refractivity contribution in [2.75, 3.05) is 0 Å². The van der Waals surface area contributed by atoms with Crippen LogP contribution in [0, 0.1) is 27.7 Å². The minimum Gasteiger partial charge on any atom is -0.456 e. The fourth-order valence-corrected chi connectivity index (χ4v) is 6.59. The molecule has 0 amide bonds. The van der Waals surface area contributed by atoms with Gasteiger partial charge in [0, 0.05) is 21.9 Å². The Morgan fingerprint density at radius 2 is 0.700 bits per heavy atom. The van der Waals surface area contributed by atoms with Crippen LogP contribution in [0.15, 0.2) is 97.1 Å². The average Bonchev–Trinajstić information content (AvgIpc) is 2.93. The molecule has 0 N–H and O–H groups in total. The van der Waals surface area contributed by atoms with Crippen molar-refractivity contribution in [3.05, 3.63) is 119 Å². The largest absolute Gasteiger partial charge is 0.456 e. The van der Waals surface area contributed by atoms with Gasteiger partial charge in [0.05, 0.1) is 0 Å². The molecule has 2 aliphatic heterocycles. The predicted molar refractivity (Wildman–Crippen MR) is 165 cm³/mol. The number of fused-ring (bicyclic) bond motifs is 4. The lowest BCUT2D eigenvalue weighted by Gasteiger charge is -2.27. The molecule has 2 nitrogen and oxygen atoms in total. The molecule has 0 fully saturated rings. The predicted octanol–water partition coefficient (Wildman–Crippen LogP) is 11.0. The Balaban J connectivity index is 1.26. The molecule has 6 aromatic carbocycles. The van der Waals surface area contributed by atoms with Crippen molar-refractivity contribution in [2.24, 2.45) is 0 Å². The molecule has 2 aliphatic rings. The van der Waals surface area contributed by atoms with Crippen molar-refractivity contribution in [1.29, 1.82) is 0 Å². The SMILES string of the molecule is Cc1cc(C)cc(-c2ccc3c(c2)Oc2ccc4c5c(ccc-3c25)-c2ccc(-c3cc(C)cc(C)c3)cc2O4)c1. The van der Waals surface area contributed by atoms with Crippen molar-refractivity contribution in [1.82, 2.24) is 0 Å². The molecule has 8 rings (SSSR count). The maximum Gasteiger partial charge on any atom is 0.136 e. The Bertz CT molecular complexity index is 1860. The smallest absolute Gasteiger partial charge is 0.136 e. The van der Waals surface area contributed by atoms with Gasteiger partial charge >= 0.3 is 0 Å². The Kier molecular flexibility index (Phi) is 4.82. The molecule has 0 saturated heterocycles. The van der Waals surface area contributed by atoms with Crippen molar-refractivity contribution < 1.29 is 9.47 Å². The summed E-state index contributed by atoms with van der Waals surface area (Å²) >= 11 is 0. The molecule has 192 valence electrons. The van der Waals surface area contributed by atoms with Gasteiger partial charge in [-0.15, -0.1) is 0 Å². The number of ether oxygens (including phenoxy) is 2. The summed E-state index contributed by atoms with van der Waals surface area (Å²) in [5.41, 5.74) is 14.4. The first-order valence-corrected chi connectivity index (χ1v) is 13.8. The molecule has 2 heteroatoms. The Morgan fingerprint density at radius 1 is 0.325 bits per heavy atom. The van der Waals surface area contributed by atoms with E-state index in [0.29, 0.717) is 0 Å². The highest BCUT2D eigenvalue weighted by atomic mass is 16.5. The molecular weight excluding hydrogens is 488 g/mol. The highest BCUT2D eigenvalue weighted by Gasteiger charge is 2.28. The van der Waals surface area contributed by atoms with Crippen LogP contribution in [0.2, 0.25) is 0 Å². The van der Waals surface area contributed by atoms with E-state index in [4.69, 9.17) is 9.47 Å². The van der Waals surface area contributed by atoms with Crippen LogP contribution < -0.4 is 9.47 Å². The third kappa shape index (κ3) is 3.49. The van der Waals surface area contributed by atoms with Crippen LogP contribution in [0.5, 0.6) is 23.0 Å². The van der Waals surface area contributed by atoms with E-state index in [1.807, 2.05) is 0 Å². The van der Waals surface area contributed by atoms with Crippen LogP contribution in [-0.2, 0) is 0 Å². The number of hydrogen-bond donors (Lipinski definition) is 0. The maximum absolute atomic E-state index is 6.58. The molecule has 0 bridgehead atoms. The van der Waals surface area contributed by atoms with Gasteiger partial charge in [0.2, 0.25) is 0 Å². The van der Waals surface area contributed by atoms with Gasteiger partial charge in [0.15, 0.2) is 0 Å². The fourth-order valence-electron chi connectivity index (χ4n) is 6.59. The van der Waals surface area contributed by atoms with Gasteiger partial charge in [-0.2, -0.15) is 0 Å². The summed E-state index contributed by atoms with van der Waals surface area (Å²) in [6.45, 7) is 8.58. The molecule has 0 radical (unpaired) electrons. The molecule has 0 aliphatic carbocycles. The maximum atomic E-state index is 6.58. The van der Waals surface area contributed by atoms with Gasteiger partial charge in [-0.3, -0.25) is 0 Å². The first kappa shape index (κ1) is 23.1. The zero-order chi connectivity index (χ0) is 27.1. The van der Waals surface area contributed by atoms with Crippen LogP contribution in [-0.4, -0.2) is 0 Å². The zero-order valence-corrected chi connectivity index (χ0v) is 23.1. The summed E-state index contributed by atoms with van der Waals surface area (Å²) in [4.78, 5) is 0. The van der Waals surface area contributed by atoms with Crippen molar-refractivity contribution in [3.8, 4) is 67.5 Å². The van der Waals surface area contributed by atoms with Crippen LogP contribution in [0.4, 0.5) is 0 Å². The van der Waals surface area contributed by atoms with Gasteiger partial charge in [-0.05, 0) is 97.5 Å². The van der Waals surface area contributed by atoms with E-state index < -0.39 is 0 Å². The summed E-state index contributed by atoms with van der Waals surface area (Å²) in [5, 5.41) is 2.23. The highest BCUT2D eigenvalue weighted by molar-refractivity contribution is 6.14. The van der Waals surface area contributed by atoms with Crippen molar-refractivity contribution >= 4 is 10.8 Å². The van der Waals surface area contributed by atoms with Crippen LogP contribution in [0.1, 0.15) is 22.3 Å². The van der Waals surface area contributed by atoms with Crippen molar-refractivity contribution in [3.63, 3.8) is 0 Å². The second kappa shape index (κ2) is 8.34. The first-order chi connectivity index (χ1) is 19.4. The van der Waals surface area contributed by atoms with E-state index >= 15 is 0 Å². The van der Waals surface area contributed by atoms with Gasteiger partial charge in [0.25, 0.3) is 0 Å². The van der Waals surface area contributed by atoms with Gasteiger partial charge in [0.1, 0.15) is 23.0 Å². The minimum absolute atomic E-state index is 0.875. The molecule has 0 saturated carbocycles. The molecule has 0 unspecified atom stereocenters. The summed E-state index contributed by atoms with van der Waals surface area (Å²) in [6, 6.07) is 35.1. The van der Waals surface area contributed by atoms with Gasteiger partial charge < -0.3 is 9.47 Å². The molecular formula is C38H28O2. The molecule has 0 aromatic heterocycles. The zero-order valence-electron chi connectivity index (χ0n) is 23.1. The molecule has 0 atom stereocenters. The lowest BCUT2D eigenvalue weighted by Crippen LogP contribution is -2.03. The van der Waals surface area contributed by atoms with E-state index in [-0.39, 0.29) is 0 Å². The van der Waals surface area contributed by atoms with Crippen LogP contribution in [0.3, 0.4) is 0 Å². The first-order valence-electron chi connectivity index (χ1n) is 13.8. The molecule has 6 aromatic rings. The number of hydrogen-bond acceptors (Lipinski definition) is 2. The van der Waals surface area contributed by atoms with Gasteiger partial charge in [-0.1, -0.05) is 82.9 Å². The summed E-state index contributed by atoms with van der Waals surface area (Å²) in [6.07, 6.45) is 0. The highest BCUT2D eigenvalue weighted by Crippen LogP contribution is 2.55.